The van der Waals surface area contributed by atoms with Crippen LogP contribution in [0.5, 0.6) is 0 Å². The molecular weight excluding hydrogens is 482 g/mol. The highest BCUT2D eigenvalue weighted by atomic mass is 32.1. The fourth-order valence-corrected chi connectivity index (χ4v) is 5.94. The van der Waals surface area contributed by atoms with Crippen molar-refractivity contribution in [3.05, 3.63) is 120 Å². The molecule has 1 unspecified atom stereocenters. The Kier molecular flexibility index (Phi) is 6.56. The van der Waals surface area contributed by atoms with Gasteiger partial charge in [-0.2, -0.15) is 0 Å². The maximum Gasteiger partial charge on any atom is 0.338 e. The van der Waals surface area contributed by atoms with Gasteiger partial charge in [-0.15, -0.1) is 0 Å². The Morgan fingerprint density at radius 3 is 2.43 bits per heavy atom. The number of fused-ring (bicyclic) bond motifs is 1. The highest BCUT2D eigenvalue weighted by Gasteiger charge is 2.33. The number of para-hydroxylation sites is 1. The van der Waals surface area contributed by atoms with E-state index < -0.39 is 12.0 Å². The molecule has 37 heavy (non-hydrogen) atoms. The van der Waals surface area contributed by atoms with Crippen LogP contribution < -0.4 is 14.9 Å². The summed E-state index contributed by atoms with van der Waals surface area (Å²) in [5.74, 6) is -0.449. The molecule has 1 aliphatic heterocycles. The van der Waals surface area contributed by atoms with Crippen molar-refractivity contribution >= 4 is 23.4 Å². The van der Waals surface area contributed by atoms with Crippen molar-refractivity contribution in [2.45, 2.75) is 40.7 Å². The summed E-state index contributed by atoms with van der Waals surface area (Å²) in [5.41, 5.74) is 6.92. The first-order valence-electron chi connectivity index (χ1n) is 12.3. The Morgan fingerprint density at radius 1 is 1.05 bits per heavy atom. The molecule has 3 heterocycles. The molecule has 0 amide bonds. The SMILES string of the molecule is CCOC(=O)C1=C(C)N=c2s/c(=C\c3cc(C)n(-c4ccccc4)c3C)c(=O)n2C1c1ccc(C)cc1. The van der Waals surface area contributed by atoms with Crippen molar-refractivity contribution < 1.29 is 9.53 Å². The van der Waals surface area contributed by atoms with Gasteiger partial charge in [0.1, 0.15) is 0 Å². The van der Waals surface area contributed by atoms with Gasteiger partial charge in [0.05, 0.1) is 28.5 Å². The van der Waals surface area contributed by atoms with Crippen LogP contribution >= 0.6 is 11.3 Å². The van der Waals surface area contributed by atoms with Crippen LogP contribution in [-0.2, 0) is 9.53 Å². The fraction of sp³-hybridized carbons (Fsp3) is 0.233. The molecule has 0 fully saturated rings. The summed E-state index contributed by atoms with van der Waals surface area (Å²) < 4.78 is 9.77. The molecule has 2 aromatic heterocycles. The van der Waals surface area contributed by atoms with Crippen molar-refractivity contribution in [2.75, 3.05) is 6.61 Å². The lowest BCUT2D eigenvalue weighted by molar-refractivity contribution is -0.139. The summed E-state index contributed by atoms with van der Waals surface area (Å²) in [6.07, 6.45) is 1.93. The van der Waals surface area contributed by atoms with E-state index >= 15 is 0 Å². The van der Waals surface area contributed by atoms with E-state index in [1.54, 1.807) is 18.4 Å². The van der Waals surface area contributed by atoms with Gasteiger partial charge in [-0.25, -0.2) is 9.79 Å². The number of thiazole rings is 1. The number of hydrogen-bond donors (Lipinski definition) is 0. The average Bonchev–Trinajstić information content (AvgIpc) is 3.33. The molecule has 4 aromatic rings. The van der Waals surface area contributed by atoms with E-state index in [1.165, 1.54) is 11.3 Å². The highest BCUT2D eigenvalue weighted by Crippen LogP contribution is 2.31. The minimum absolute atomic E-state index is 0.173. The monoisotopic (exact) mass is 511 g/mol. The van der Waals surface area contributed by atoms with Gasteiger partial charge in [-0.1, -0.05) is 59.4 Å². The zero-order valence-corrected chi connectivity index (χ0v) is 22.4. The minimum Gasteiger partial charge on any atom is -0.463 e. The molecule has 0 aliphatic carbocycles. The Bertz CT molecular complexity index is 1700. The van der Waals surface area contributed by atoms with Gasteiger partial charge in [-0.05, 0) is 70.0 Å². The van der Waals surface area contributed by atoms with E-state index in [4.69, 9.17) is 4.74 Å². The smallest absolute Gasteiger partial charge is 0.338 e. The van der Waals surface area contributed by atoms with Crippen LogP contribution in [0, 0.1) is 20.8 Å². The number of hydrogen-bond acceptors (Lipinski definition) is 5. The lowest BCUT2D eigenvalue weighted by Crippen LogP contribution is -2.39. The van der Waals surface area contributed by atoms with Crippen molar-refractivity contribution in [3.63, 3.8) is 0 Å². The van der Waals surface area contributed by atoms with Crippen molar-refractivity contribution in [3.8, 4) is 5.69 Å². The number of benzene rings is 2. The Morgan fingerprint density at radius 2 is 1.76 bits per heavy atom. The number of rotatable bonds is 5. The summed E-state index contributed by atoms with van der Waals surface area (Å²) in [5, 5.41) is 0. The van der Waals surface area contributed by atoms with Gasteiger partial charge in [0.15, 0.2) is 4.80 Å². The predicted molar refractivity (Wildman–Crippen MR) is 147 cm³/mol. The van der Waals surface area contributed by atoms with E-state index in [1.807, 2.05) is 55.5 Å². The number of esters is 1. The molecule has 1 atom stereocenters. The van der Waals surface area contributed by atoms with Crippen LogP contribution in [0.4, 0.5) is 0 Å². The largest absolute Gasteiger partial charge is 0.463 e. The third kappa shape index (κ3) is 4.40. The van der Waals surface area contributed by atoms with E-state index in [2.05, 4.69) is 41.6 Å². The Balaban J connectivity index is 1.70. The summed E-state index contributed by atoms with van der Waals surface area (Å²) >= 11 is 1.34. The number of carbonyl (C=O) groups is 1. The minimum atomic E-state index is -0.602. The van der Waals surface area contributed by atoms with Crippen LogP contribution in [0.1, 0.15) is 48.0 Å². The van der Waals surface area contributed by atoms with Gasteiger partial charge in [0.2, 0.25) is 0 Å². The Labute approximate surface area is 219 Å². The molecular formula is C30H29N3O3S. The van der Waals surface area contributed by atoms with E-state index in [9.17, 15) is 9.59 Å². The molecule has 0 bridgehead atoms. The maximum atomic E-state index is 13.9. The van der Waals surface area contributed by atoms with Gasteiger partial charge < -0.3 is 9.30 Å². The fourth-order valence-electron chi connectivity index (χ4n) is 4.91. The quantitative estimate of drug-likeness (QED) is 0.370. The second-order valence-corrected chi connectivity index (χ2v) is 10.2. The molecule has 0 radical (unpaired) electrons. The Hall–Kier alpha value is -3.97. The molecule has 1 aliphatic rings. The topological polar surface area (TPSA) is 65.6 Å². The number of ether oxygens (including phenoxy) is 1. The van der Waals surface area contributed by atoms with Crippen LogP contribution in [0.2, 0.25) is 0 Å². The summed E-state index contributed by atoms with van der Waals surface area (Å²) in [7, 11) is 0. The number of allylic oxidation sites excluding steroid dienone is 1. The predicted octanol–water partition coefficient (Wildman–Crippen LogP) is 4.51. The van der Waals surface area contributed by atoms with Gasteiger partial charge in [-0.3, -0.25) is 9.36 Å². The molecule has 188 valence electrons. The third-order valence-electron chi connectivity index (χ3n) is 6.68. The number of carbonyl (C=O) groups excluding carboxylic acids is 1. The number of nitrogens with zero attached hydrogens (tertiary/aromatic N) is 3. The normalized spacial score (nSPS) is 15.5. The highest BCUT2D eigenvalue weighted by molar-refractivity contribution is 7.07. The molecule has 0 spiro atoms. The molecule has 0 N–H and O–H groups in total. The van der Waals surface area contributed by atoms with Crippen molar-refractivity contribution in [1.82, 2.24) is 9.13 Å². The first-order valence-corrected chi connectivity index (χ1v) is 13.1. The average molecular weight is 512 g/mol. The third-order valence-corrected chi connectivity index (χ3v) is 7.66. The van der Waals surface area contributed by atoms with E-state index in [-0.39, 0.29) is 12.2 Å². The zero-order chi connectivity index (χ0) is 26.3. The zero-order valence-electron chi connectivity index (χ0n) is 21.6. The second-order valence-electron chi connectivity index (χ2n) is 9.21. The molecule has 0 saturated carbocycles. The number of aryl methyl sites for hydroxylation is 2. The van der Waals surface area contributed by atoms with Crippen molar-refractivity contribution in [1.29, 1.82) is 0 Å². The lowest BCUT2D eigenvalue weighted by Gasteiger charge is -2.24. The molecule has 5 rings (SSSR count). The summed E-state index contributed by atoms with van der Waals surface area (Å²) in [6, 6.07) is 19.5. The molecule has 6 nitrogen and oxygen atoms in total. The second kappa shape index (κ2) is 9.82. The lowest BCUT2D eigenvalue weighted by atomic mass is 9.95. The first-order chi connectivity index (χ1) is 17.8. The maximum absolute atomic E-state index is 13.9. The molecule has 2 aromatic carbocycles. The summed E-state index contributed by atoms with van der Waals surface area (Å²) in [4.78, 5) is 32.2. The standard InChI is InChI=1S/C30H29N3O3S/c1-6-36-29(35)26-20(4)31-30-33(27(26)22-14-12-18(2)13-15-22)28(34)25(37-30)17-23-16-19(3)32(21(23)5)24-10-8-7-9-11-24/h7-17,27H,6H2,1-5H3/b25-17-. The van der Waals surface area contributed by atoms with Crippen LogP contribution in [-0.4, -0.2) is 21.7 Å². The van der Waals surface area contributed by atoms with Crippen molar-refractivity contribution in [2.24, 2.45) is 4.99 Å². The van der Waals surface area contributed by atoms with Gasteiger partial charge in [0.25, 0.3) is 5.56 Å². The van der Waals surface area contributed by atoms with Crippen LogP contribution in [0.15, 0.2) is 81.7 Å². The molecule has 0 saturated heterocycles. The van der Waals surface area contributed by atoms with E-state index in [0.717, 1.165) is 33.8 Å². The first kappa shape index (κ1) is 24.7. The molecule has 7 heteroatoms. The number of aromatic nitrogens is 2. The van der Waals surface area contributed by atoms with Crippen LogP contribution in [0.3, 0.4) is 0 Å². The van der Waals surface area contributed by atoms with Gasteiger partial charge >= 0.3 is 5.97 Å². The van der Waals surface area contributed by atoms with Gasteiger partial charge in [0, 0.05) is 17.1 Å². The van der Waals surface area contributed by atoms with E-state index in [0.29, 0.717) is 20.6 Å². The van der Waals surface area contributed by atoms with Crippen LogP contribution in [0.25, 0.3) is 11.8 Å². The summed E-state index contributed by atoms with van der Waals surface area (Å²) in [6.45, 7) is 9.95.